The van der Waals surface area contributed by atoms with Gasteiger partial charge in [0.1, 0.15) is 35.2 Å². The molecule has 3 atom stereocenters. The summed E-state index contributed by atoms with van der Waals surface area (Å²) in [6.07, 6.45) is 9.46. The number of ether oxygens (including phenoxy) is 6. The van der Waals surface area contributed by atoms with E-state index in [9.17, 15) is 14.0 Å². The number of hydrogen-bond acceptors (Lipinski definition) is 12. The van der Waals surface area contributed by atoms with E-state index in [1.54, 1.807) is 24.8 Å². The molecule has 4 aliphatic rings. The Hall–Kier alpha value is -5.65. The Morgan fingerprint density at radius 3 is 2.49 bits per heavy atom. The van der Waals surface area contributed by atoms with E-state index >= 15 is 0 Å². The fraction of sp³-hybridized carbons (Fsp3) is 0.393. The van der Waals surface area contributed by atoms with Crippen molar-refractivity contribution in [3.05, 3.63) is 136 Å². The molecule has 69 heavy (non-hydrogen) atoms. The van der Waals surface area contributed by atoms with E-state index in [0.717, 1.165) is 81.7 Å². The second-order valence-corrected chi connectivity index (χ2v) is 20.6. The molecule has 2 aliphatic heterocycles. The normalized spacial score (nSPS) is 21.1. The number of esters is 2. The molecule has 9 rings (SSSR count). The zero-order chi connectivity index (χ0) is 47.9. The van der Waals surface area contributed by atoms with E-state index in [4.69, 9.17) is 38.7 Å². The summed E-state index contributed by atoms with van der Waals surface area (Å²) < 4.78 is 50.2. The fourth-order valence-corrected chi connectivity index (χ4v) is 11.0. The Bertz CT molecular complexity index is 2800. The third kappa shape index (κ3) is 12.4. The minimum atomic E-state index is -0.530. The number of fused-ring (bicyclic) bond motifs is 3. The van der Waals surface area contributed by atoms with Crippen molar-refractivity contribution in [1.29, 1.82) is 5.26 Å². The maximum absolute atomic E-state index is 14.2. The molecule has 3 fully saturated rings. The molecule has 0 radical (unpaired) electrons. The van der Waals surface area contributed by atoms with E-state index in [-0.39, 0.29) is 29.1 Å². The maximum atomic E-state index is 14.2. The lowest BCUT2D eigenvalue weighted by molar-refractivity contribution is -0.130. The number of aliphatic imine (C=N–C) groups is 1. The standard InChI is InChI=1S/C56H57FN2O8S2/c1-4-68-52-30-43(29-48(53(52)67-54(60)34(2)3)59-56-66-49-20-9-35(24-44(49)33-69-56)6-7-36-8-11-42(31-58)47(57)25-36)38-14-17-45(18-15-38)64-55(61)41-13-12-40-28-46(19-16-39(40)27-41)63-23-5-22-62-32-37-10-21-50-51(26-37)65-50/h8-9,11-13,16,19-20,24-25,27-30,37-38,45,50-51H,2,4-7,10,14-15,17-18,21-23,26,32-33H2,1,3H3/b59-56-. The van der Waals surface area contributed by atoms with E-state index in [0.29, 0.717) is 90.8 Å². The average Bonchev–Trinajstić information content (AvgIpc) is 4.14. The van der Waals surface area contributed by atoms with Gasteiger partial charge in [-0.05, 0) is 164 Å². The quantitative estimate of drug-likeness (QED) is 0.0208. The smallest absolute Gasteiger partial charge is 0.338 e. The molecular weight excluding hydrogens is 912 g/mol. The maximum Gasteiger partial charge on any atom is 0.338 e. The molecule has 0 N–H and O–H groups in total. The predicted molar refractivity (Wildman–Crippen MR) is 269 cm³/mol. The third-order valence-electron chi connectivity index (χ3n) is 13.3. The Balaban J connectivity index is 0.807. The topological polar surface area (TPSA) is 129 Å². The monoisotopic (exact) mass is 968 g/mol. The van der Waals surface area contributed by atoms with Crippen LogP contribution in [0.3, 0.4) is 0 Å². The van der Waals surface area contributed by atoms with Crippen LogP contribution in [0.15, 0.2) is 107 Å². The van der Waals surface area contributed by atoms with Crippen LogP contribution < -0.4 is 14.2 Å². The third-order valence-corrected chi connectivity index (χ3v) is 15.1. The summed E-state index contributed by atoms with van der Waals surface area (Å²) in [4.78, 5) is 32.3. The number of benzene rings is 5. The van der Waals surface area contributed by atoms with Crippen LogP contribution in [0, 0.1) is 23.1 Å². The average molecular weight is 969 g/mol. The molecule has 0 aromatic heterocycles. The lowest BCUT2D eigenvalue weighted by atomic mass is 9.82. The highest BCUT2D eigenvalue weighted by Gasteiger charge is 2.43. The predicted octanol–water partition coefficient (Wildman–Crippen LogP) is 12.8. The summed E-state index contributed by atoms with van der Waals surface area (Å²) in [5.74, 6) is 2.65. The van der Waals surface area contributed by atoms with Gasteiger partial charge in [0, 0.05) is 36.5 Å². The largest absolute Gasteiger partial charge is 0.493 e. The van der Waals surface area contributed by atoms with Crippen LogP contribution in [-0.2, 0) is 37.6 Å². The van der Waals surface area contributed by atoms with Crippen molar-refractivity contribution in [1.82, 2.24) is 0 Å². The van der Waals surface area contributed by atoms with Crippen LogP contribution in [0.4, 0.5) is 10.1 Å². The summed E-state index contributed by atoms with van der Waals surface area (Å²) >= 11 is 3.04. The number of aryl methyl sites for hydroxylation is 2. The number of carbonyl (C=O) groups is 2. The van der Waals surface area contributed by atoms with Gasteiger partial charge < -0.3 is 28.4 Å². The van der Waals surface area contributed by atoms with Gasteiger partial charge in [-0.3, -0.25) is 0 Å². The molecule has 1 saturated heterocycles. The molecule has 358 valence electrons. The van der Waals surface area contributed by atoms with E-state index < -0.39 is 11.8 Å². The second kappa shape index (κ2) is 22.4. The lowest BCUT2D eigenvalue weighted by Gasteiger charge is -2.29. The number of thioether (sulfide) groups is 2. The SMILES string of the molecule is C=C(C)C(=O)Oc1c(/N=C2/Oc3ccc(CCc4ccc(C#N)c(F)c4)cc3CS2)cc(C2CCC(OC(=O)c3ccc4cc(OCCCOCC5CCC6OC6C5)ccc4c3)CC2)cc1SCC. The van der Waals surface area contributed by atoms with Gasteiger partial charge >= 0.3 is 11.9 Å². The van der Waals surface area contributed by atoms with E-state index in [1.165, 1.54) is 36.7 Å². The minimum absolute atomic E-state index is 0.0412. The van der Waals surface area contributed by atoms with Gasteiger partial charge in [-0.1, -0.05) is 55.6 Å². The first kappa shape index (κ1) is 48.4. The van der Waals surface area contributed by atoms with Crippen molar-refractivity contribution < 1.29 is 42.4 Å². The molecule has 2 saturated carbocycles. The van der Waals surface area contributed by atoms with Gasteiger partial charge in [0.15, 0.2) is 5.75 Å². The number of nitrogens with zero attached hydrogens (tertiary/aromatic N) is 2. The first-order valence-electron chi connectivity index (χ1n) is 24.1. The highest BCUT2D eigenvalue weighted by molar-refractivity contribution is 8.13. The summed E-state index contributed by atoms with van der Waals surface area (Å²) in [6.45, 7) is 9.53. The van der Waals surface area contributed by atoms with E-state index in [1.807, 2.05) is 60.7 Å². The molecule has 5 aromatic rings. The fourth-order valence-electron chi connectivity index (χ4n) is 9.40. The van der Waals surface area contributed by atoms with Crippen molar-refractivity contribution in [2.24, 2.45) is 10.9 Å². The first-order chi connectivity index (χ1) is 33.6. The number of halogens is 1. The summed E-state index contributed by atoms with van der Waals surface area (Å²) in [7, 11) is 0. The van der Waals surface area contributed by atoms with Gasteiger partial charge in [-0.15, -0.1) is 11.8 Å². The number of nitriles is 1. The highest BCUT2D eigenvalue weighted by atomic mass is 32.2. The summed E-state index contributed by atoms with van der Waals surface area (Å²) in [5.41, 5.74) is 5.36. The van der Waals surface area contributed by atoms with Gasteiger partial charge in [0.2, 0.25) is 0 Å². The Morgan fingerprint density at radius 2 is 1.71 bits per heavy atom. The van der Waals surface area contributed by atoms with Gasteiger partial charge in [-0.25, -0.2) is 19.0 Å². The van der Waals surface area contributed by atoms with Crippen LogP contribution in [0.25, 0.3) is 10.8 Å². The van der Waals surface area contributed by atoms with Gasteiger partial charge in [0.05, 0.1) is 34.8 Å². The van der Waals surface area contributed by atoms with Crippen LogP contribution in [-0.4, -0.2) is 61.1 Å². The van der Waals surface area contributed by atoms with Gasteiger partial charge in [0.25, 0.3) is 5.23 Å². The summed E-state index contributed by atoms with van der Waals surface area (Å²) in [5, 5.41) is 11.4. The zero-order valence-electron chi connectivity index (χ0n) is 39.1. The van der Waals surface area contributed by atoms with Crippen LogP contribution in [0.2, 0.25) is 0 Å². The molecule has 0 amide bonds. The molecule has 13 heteroatoms. The number of epoxide rings is 1. The number of carbonyl (C=O) groups excluding carboxylic acids is 2. The molecule has 2 aliphatic carbocycles. The van der Waals surface area contributed by atoms with Crippen molar-refractivity contribution in [3.63, 3.8) is 0 Å². The Labute approximate surface area is 411 Å². The molecule has 10 nitrogen and oxygen atoms in total. The van der Waals surface area contributed by atoms with Crippen LogP contribution >= 0.6 is 23.5 Å². The number of hydrogen-bond donors (Lipinski definition) is 0. The Morgan fingerprint density at radius 1 is 0.913 bits per heavy atom. The zero-order valence-corrected chi connectivity index (χ0v) is 40.8. The molecule has 0 spiro atoms. The second-order valence-electron chi connectivity index (χ2n) is 18.4. The molecule has 0 bridgehead atoms. The summed E-state index contributed by atoms with van der Waals surface area (Å²) in [6, 6.07) is 28.3. The van der Waals surface area contributed by atoms with E-state index in [2.05, 4.69) is 25.6 Å². The van der Waals surface area contributed by atoms with Crippen molar-refractivity contribution in [2.75, 3.05) is 25.6 Å². The Kier molecular flexibility index (Phi) is 15.7. The van der Waals surface area contributed by atoms with Gasteiger partial charge in [-0.2, -0.15) is 5.26 Å². The number of rotatable bonds is 18. The molecule has 2 heterocycles. The van der Waals surface area contributed by atoms with Crippen molar-refractivity contribution in [3.8, 4) is 23.3 Å². The van der Waals surface area contributed by atoms with Crippen molar-refractivity contribution in [2.45, 2.75) is 113 Å². The minimum Gasteiger partial charge on any atom is -0.493 e. The van der Waals surface area contributed by atoms with Crippen LogP contribution in [0.1, 0.15) is 109 Å². The molecule has 5 aromatic carbocycles. The lowest BCUT2D eigenvalue weighted by Crippen LogP contribution is -2.24. The van der Waals surface area contributed by atoms with Crippen molar-refractivity contribution >= 4 is 57.2 Å². The molecule has 3 unspecified atom stereocenters. The highest BCUT2D eigenvalue weighted by Crippen LogP contribution is 2.46. The first-order valence-corrected chi connectivity index (χ1v) is 26.0. The molecular formula is C56H57FN2O8S2. The van der Waals surface area contributed by atoms with Crippen LogP contribution in [0.5, 0.6) is 17.2 Å².